The Hall–Kier alpha value is -3.02. The van der Waals surface area contributed by atoms with Gasteiger partial charge in [0, 0.05) is 11.8 Å². The van der Waals surface area contributed by atoms with Crippen LogP contribution in [0.3, 0.4) is 0 Å². The van der Waals surface area contributed by atoms with E-state index in [-0.39, 0.29) is 5.84 Å². The van der Waals surface area contributed by atoms with E-state index in [4.69, 9.17) is 19.6 Å². The number of benzene rings is 1. The van der Waals surface area contributed by atoms with E-state index in [2.05, 4.69) is 11.6 Å². The largest absolute Gasteiger partial charge is 0.494 e. The second-order valence-corrected chi connectivity index (χ2v) is 5.00. The predicted molar refractivity (Wildman–Crippen MR) is 94.5 cm³/mol. The van der Waals surface area contributed by atoms with Crippen molar-refractivity contribution in [1.82, 2.24) is 4.98 Å². The first-order valence-corrected chi connectivity index (χ1v) is 7.30. The average Bonchev–Trinajstić information content (AvgIpc) is 2.61. The van der Waals surface area contributed by atoms with E-state index < -0.39 is 0 Å². The van der Waals surface area contributed by atoms with Gasteiger partial charge in [0.15, 0.2) is 5.84 Å². The number of nitrogens with one attached hydrogen (secondary N) is 1. The maximum Gasteiger partial charge on any atom is 0.213 e. The van der Waals surface area contributed by atoms with E-state index in [1.807, 2.05) is 6.07 Å². The Balaban J connectivity index is 2.58. The molecule has 0 saturated carbocycles. The highest BCUT2D eigenvalue weighted by Gasteiger charge is 2.24. The van der Waals surface area contributed by atoms with Crippen LogP contribution in [0.5, 0.6) is 17.4 Å². The lowest BCUT2D eigenvalue weighted by Crippen LogP contribution is -2.30. The maximum absolute atomic E-state index is 8.61. The highest BCUT2D eigenvalue weighted by atomic mass is 16.5. The van der Waals surface area contributed by atoms with Crippen LogP contribution in [0, 0.1) is 5.41 Å². The molecule has 2 aromatic rings. The lowest BCUT2D eigenvalue weighted by atomic mass is 10.2. The molecular formula is C18H21N3O3. The molecule has 0 aliphatic heterocycles. The number of rotatable bonds is 6. The number of ether oxygens (including phenoxy) is 3. The van der Waals surface area contributed by atoms with E-state index in [0.29, 0.717) is 34.5 Å². The predicted octanol–water partition coefficient (Wildman–Crippen LogP) is 3.47. The molecule has 24 heavy (non-hydrogen) atoms. The highest BCUT2D eigenvalue weighted by molar-refractivity contribution is 6.10. The number of amidine groups is 1. The van der Waals surface area contributed by atoms with E-state index in [1.165, 1.54) is 7.11 Å². The smallest absolute Gasteiger partial charge is 0.213 e. The Kier molecular flexibility index (Phi) is 5.42. The molecule has 0 unspecified atom stereocenters. The van der Waals surface area contributed by atoms with Crippen LogP contribution in [0.15, 0.2) is 48.7 Å². The van der Waals surface area contributed by atoms with Crippen LogP contribution in [-0.4, -0.2) is 32.1 Å². The van der Waals surface area contributed by atoms with Crippen LogP contribution in [0.4, 0.5) is 5.69 Å². The number of para-hydroxylation sites is 1. The SMILES string of the molecule is C=C(C)N(C(=N)c1cccc(OC)n1)c1c(OC)cccc1OC. The fourth-order valence-electron chi connectivity index (χ4n) is 2.32. The Morgan fingerprint density at radius 3 is 2.08 bits per heavy atom. The van der Waals surface area contributed by atoms with Crippen LogP contribution in [0.1, 0.15) is 12.6 Å². The average molecular weight is 327 g/mol. The summed E-state index contributed by atoms with van der Waals surface area (Å²) in [6, 6.07) is 10.7. The van der Waals surface area contributed by atoms with Crippen LogP contribution < -0.4 is 19.1 Å². The second kappa shape index (κ2) is 7.50. The van der Waals surface area contributed by atoms with Crippen molar-refractivity contribution in [3.63, 3.8) is 0 Å². The summed E-state index contributed by atoms with van der Waals surface area (Å²) in [5, 5.41) is 8.61. The van der Waals surface area contributed by atoms with Crippen molar-refractivity contribution in [1.29, 1.82) is 5.41 Å². The third-order valence-electron chi connectivity index (χ3n) is 3.41. The van der Waals surface area contributed by atoms with Gasteiger partial charge in [0.2, 0.25) is 5.88 Å². The van der Waals surface area contributed by atoms with Gasteiger partial charge in [-0.1, -0.05) is 18.7 Å². The van der Waals surface area contributed by atoms with Crippen molar-refractivity contribution in [3.05, 3.63) is 54.4 Å². The standard InChI is InChI=1S/C18H21N3O3/c1-12(2)21(17-14(22-3)9-7-10-15(17)23-4)18(19)13-8-6-11-16(20-13)24-5/h6-11,19H,1H2,2-5H3. The van der Waals surface area contributed by atoms with Crippen LogP contribution in [0.25, 0.3) is 0 Å². The van der Waals surface area contributed by atoms with Gasteiger partial charge < -0.3 is 14.2 Å². The molecule has 2 rings (SSSR count). The zero-order chi connectivity index (χ0) is 17.7. The van der Waals surface area contributed by atoms with Crippen molar-refractivity contribution in [3.8, 4) is 17.4 Å². The van der Waals surface area contributed by atoms with Crippen molar-refractivity contribution in [2.24, 2.45) is 0 Å². The Morgan fingerprint density at radius 2 is 1.58 bits per heavy atom. The van der Waals surface area contributed by atoms with Gasteiger partial charge >= 0.3 is 0 Å². The molecule has 0 bridgehead atoms. The van der Waals surface area contributed by atoms with Gasteiger partial charge in [-0.15, -0.1) is 0 Å². The highest BCUT2D eigenvalue weighted by Crippen LogP contribution is 2.39. The Bertz CT molecular complexity index is 737. The molecule has 1 N–H and O–H groups in total. The van der Waals surface area contributed by atoms with Crippen molar-refractivity contribution >= 4 is 11.5 Å². The van der Waals surface area contributed by atoms with Gasteiger partial charge in [-0.05, 0) is 25.1 Å². The van der Waals surface area contributed by atoms with E-state index in [9.17, 15) is 0 Å². The van der Waals surface area contributed by atoms with Crippen LogP contribution >= 0.6 is 0 Å². The zero-order valence-corrected chi connectivity index (χ0v) is 14.3. The molecule has 6 nitrogen and oxygen atoms in total. The molecule has 0 aliphatic carbocycles. The molecule has 1 aromatic heterocycles. The normalized spacial score (nSPS) is 10.0. The minimum absolute atomic E-state index is 0.143. The van der Waals surface area contributed by atoms with Gasteiger partial charge in [0.05, 0.1) is 21.3 Å². The monoisotopic (exact) mass is 327 g/mol. The summed E-state index contributed by atoms with van der Waals surface area (Å²) in [4.78, 5) is 5.96. The lowest BCUT2D eigenvalue weighted by molar-refractivity contribution is 0.396. The van der Waals surface area contributed by atoms with E-state index in [0.717, 1.165) is 0 Å². The molecule has 0 saturated heterocycles. The van der Waals surface area contributed by atoms with Crippen LogP contribution in [-0.2, 0) is 0 Å². The molecule has 1 aromatic carbocycles. The number of hydrogen-bond donors (Lipinski definition) is 1. The summed E-state index contributed by atoms with van der Waals surface area (Å²) in [6.45, 7) is 5.79. The van der Waals surface area contributed by atoms with Crippen molar-refractivity contribution in [2.45, 2.75) is 6.92 Å². The molecular weight excluding hydrogens is 306 g/mol. The van der Waals surface area contributed by atoms with E-state index in [1.54, 1.807) is 56.4 Å². The summed E-state index contributed by atoms with van der Waals surface area (Å²) >= 11 is 0. The summed E-state index contributed by atoms with van der Waals surface area (Å²) < 4.78 is 16.0. The summed E-state index contributed by atoms with van der Waals surface area (Å²) in [5.41, 5.74) is 1.68. The topological polar surface area (TPSA) is 67.7 Å². The van der Waals surface area contributed by atoms with Gasteiger partial charge in [-0.3, -0.25) is 10.3 Å². The van der Waals surface area contributed by atoms with Crippen molar-refractivity contribution in [2.75, 3.05) is 26.2 Å². The third-order valence-corrected chi connectivity index (χ3v) is 3.41. The molecule has 0 spiro atoms. The number of pyridine rings is 1. The molecule has 0 atom stereocenters. The van der Waals surface area contributed by atoms with E-state index >= 15 is 0 Å². The van der Waals surface area contributed by atoms with Gasteiger partial charge in [0.1, 0.15) is 22.9 Å². The molecule has 126 valence electrons. The number of allylic oxidation sites excluding steroid dienone is 1. The second-order valence-electron chi connectivity index (χ2n) is 5.00. The number of anilines is 1. The quantitative estimate of drug-likeness (QED) is 0.650. The minimum atomic E-state index is 0.143. The number of aromatic nitrogens is 1. The Morgan fingerprint density at radius 1 is 1.00 bits per heavy atom. The first-order chi connectivity index (χ1) is 11.5. The third kappa shape index (κ3) is 3.32. The summed E-state index contributed by atoms with van der Waals surface area (Å²) in [7, 11) is 4.68. The molecule has 0 aliphatic rings. The zero-order valence-electron chi connectivity index (χ0n) is 14.3. The number of nitrogens with zero attached hydrogens (tertiary/aromatic N) is 2. The van der Waals surface area contributed by atoms with Crippen molar-refractivity contribution < 1.29 is 14.2 Å². The fourth-order valence-corrected chi connectivity index (χ4v) is 2.32. The fraction of sp³-hybridized carbons (Fsp3) is 0.222. The van der Waals surface area contributed by atoms with Gasteiger partial charge in [0.25, 0.3) is 0 Å². The summed E-state index contributed by atoms with van der Waals surface area (Å²) in [6.07, 6.45) is 0. The number of hydrogen-bond acceptors (Lipinski definition) is 5. The molecule has 1 heterocycles. The minimum Gasteiger partial charge on any atom is -0.494 e. The molecule has 0 radical (unpaired) electrons. The lowest BCUT2D eigenvalue weighted by Gasteiger charge is -2.28. The first kappa shape index (κ1) is 17.3. The van der Waals surface area contributed by atoms with Gasteiger partial charge in [-0.2, -0.15) is 0 Å². The molecule has 0 fully saturated rings. The summed E-state index contributed by atoms with van der Waals surface area (Å²) in [5.74, 6) is 1.73. The van der Waals surface area contributed by atoms with Crippen LogP contribution in [0.2, 0.25) is 0 Å². The molecule has 6 heteroatoms. The number of methoxy groups -OCH3 is 3. The maximum atomic E-state index is 8.61. The first-order valence-electron chi connectivity index (χ1n) is 7.30. The molecule has 0 amide bonds. The van der Waals surface area contributed by atoms with Gasteiger partial charge in [-0.25, -0.2) is 4.98 Å². The Labute approximate surface area is 141 Å².